The number of rotatable bonds is 16. The standard InChI is InChI=1S/C17H19BrClNO2S.C13H11BrClNO2S.C9H9BrOS.C7H6BrClO2S.C7H7BrO.C6H6ClN.C4H9I.CH4/c1-13(2)11-20(17-5-3-4-16(19)10-17)23(21,22)12-14-6-8-15(18)9-7-14;14-11-6-4-10(5-7-11)9-19(17,18)16-13-3-1-2-12(15)8-13;1-7(11)12-6-8-2-4-9(10)5-3-8;8-7-3-1-6(2-4-7)5-12(9,10)11;8-7-3-1-6(5-9)2-4-7;7-5-2-1-3-6(8)4-5;1-4(2)3-5;/h3-10,13H,11-12H2,1-2H3;1-8,16H,9H2;2-5H,6H2,1H3;1-4H,5H2;1-4,9H,5H2;1-4H,8H2;4H,3H2,1-2H3;1H4. The molecule has 0 aliphatic carbocycles. The molecule has 89 heavy (non-hydrogen) atoms. The molecule has 0 radical (unpaired) electrons. The van der Waals surface area contributed by atoms with E-state index in [1.165, 1.54) is 26.1 Å². The van der Waals surface area contributed by atoms with Gasteiger partial charge in [-0.2, -0.15) is 0 Å². The van der Waals surface area contributed by atoms with E-state index in [2.05, 4.69) is 121 Å². The first-order chi connectivity index (χ1) is 41.3. The third-order valence-corrected chi connectivity index (χ3v) is 20.4. The number of hydrogen-bond acceptors (Lipinski definition) is 10. The van der Waals surface area contributed by atoms with Gasteiger partial charge in [-0.25, -0.2) is 25.3 Å². The molecular formula is C64H71Br5Cl4IN3O8S4. The summed E-state index contributed by atoms with van der Waals surface area (Å²) in [6, 6.07) is 57.7. The third-order valence-electron chi connectivity index (χ3n) is 10.5. The largest absolute Gasteiger partial charge is 0.399 e. The molecule has 11 nitrogen and oxygen atoms in total. The number of aliphatic hydroxyl groups excluding tert-OH is 1. The van der Waals surface area contributed by atoms with E-state index in [1.54, 1.807) is 110 Å². The summed E-state index contributed by atoms with van der Waals surface area (Å²) in [4.78, 5) is 10.6. The molecule has 0 aliphatic rings. The highest BCUT2D eigenvalue weighted by Crippen LogP contribution is 2.27. The van der Waals surface area contributed by atoms with Crippen LogP contribution in [0.3, 0.4) is 0 Å². The highest BCUT2D eigenvalue weighted by molar-refractivity contribution is 14.1. The molecule has 0 saturated carbocycles. The van der Waals surface area contributed by atoms with E-state index in [0.29, 0.717) is 44.2 Å². The lowest BCUT2D eigenvalue weighted by molar-refractivity contribution is -0.109. The van der Waals surface area contributed by atoms with Crippen molar-refractivity contribution in [3.05, 3.63) is 259 Å². The quantitative estimate of drug-likeness (QED) is 0.0364. The number of hydrogen-bond donors (Lipinski definition) is 3. The summed E-state index contributed by atoms with van der Waals surface area (Å²) < 4.78 is 81.2. The van der Waals surface area contributed by atoms with Crippen molar-refractivity contribution in [2.24, 2.45) is 11.8 Å². The predicted octanol–water partition coefficient (Wildman–Crippen LogP) is 21.5. The topological polar surface area (TPSA) is 181 Å². The normalized spacial score (nSPS) is 10.6. The Balaban J connectivity index is 0.000000543. The lowest BCUT2D eigenvalue weighted by Crippen LogP contribution is -2.35. The van der Waals surface area contributed by atoms with Crippen molar-refractivity contribution in [3.63, 3.8) is 0 Å². The van der Waals surface area contributed by atoms with Crippen LogP contribution in [-0.2, 0) is 63.5 Å². The Morgan fingerprint density at radius 1 is 0.551 bits per heavy atom. The Morgan fingerprint density at radius 3 is 1.27 bits per heavy atom. The monoisotopic (exact) mass is 1800 g/mol. The van der Waals surface area contributed by atoms with Crippen molar-refractivity contribution in [3.8, 4) is 0 Å². The number of carbonyl (C=O) groups is 1. The van der Waals surface area contributed by atoms with Gasteiger partial charge in [0.2, 0.25) is 29.1 Å². The second kappa shape index (κ2) is 44.8. The summed E-state index contributed by atoms with van der Waals surface area (Å²) in [7, 11) is -5.30. The van der Waals surface area contributed by atoms with E-state index >= 15 is 0 Å². The van der Waals surface area contributed by atoms with Crippen molar-refractivity contribution in [1.29, 1.82) is 0 Å². The fraction of sp³-hybridized carbons (Fsp3) is 0.234. The highest BCUT2D eigenvalue weighted by atomic mass is 127. The Bertz CT molecular complexity index is 3670. The molecule has 8 aromatic rings. The molecular weight excluding hydrogens is 1740 g/mol. The maximum Gasteiger partial charge on any atom is 0.239 e. The first kappa shape index (κ1) is 84.3. The van der Waals surface area contributed by atoms with Crippen LogP contribution in [0.15, 0.2) is 216 Å². The van der Waals surface area contributed by atoms with Crippen LogP contribution >= 0.6 is 159 Å². The maximum absolute atomic E-state index is 12.9. The van der Waals surface area contributed by atoms with Gasteiger partial charge in [-0.05, 0) is 155 Å². The van der Waals surface area contributed by atoms with Crippen LogP contribution < -0.4 is 14.8 Å². The summed E-state index contributed by atoms with van der Waals surface area (Å²) in [6.07, 6.45) is 0. The predicted molar refractivity (Wildman–Crippen MR) is 407 cm³/mol. The number of alkyl halides is 1. The van der Waals surface area contributed by atoms with Gasteiger partial charge in [0, 0.05) is 83.1 Å². The lowest BCUT2D eigenvalue weighted by atomic mass is 10.2. The zero-order chi connectivity index (χ0) is 66.0. The number of nitrogens with two attached hydrogens (primary N) is 1. The number of sulfonamides is 2. The molecule has 0 aliphatic heterocycles. The summed E-state index contributed by atoms with van der Waals surface area (Å²) in [6.45, 7) is 10.5. The number of nitrogen functional groups attached to an aromatic ring is 1. The van der Waals surface area contributed by atoms with Gasteiger partial charge in [0.05, 0.1) is 29.6 Å². The van der Waals surface area contributed by atoms with Gasteiger partial charge in [0.15, 0.2) is 5.12 Å². The van der Waals surface area contributed by atoms with E-state index in [1.807, 2.05) is 105 Å². The van der Waals surface area contributed by atoms with Crippen molar-refractivity contribution in [2.45, 2.75) is 71.7 Å². The van der Waals surface area contributed by atoms with Crippen LogP contribution in [0.25, 0.3) is 0 Å². The number of nitrogens with one attached hydrogen (secondary N) is 1. The maximum atomic E-state index is 12.9. The molecule has 0 unspecified atom stereocenters. The number of thioether (sulfide) groups is 1. The van der Waals surface area contributed by atoms with Gasteiger partial charge in [-0.1, -0.05) is 263 Å². The first-order valence-corrected chi connectivity index (χ1v) is 39.6. The summed E-state index contributed by atoms with van der Waals surface area (Å²) in [5.74, 6) is 1.60. The molecule has 0 saturated heterocycles. The number of nitrogens with zero attached hydrogens (tertiary/aromatic N) is 1. The molecule has 0 fully saturated rings. The third kappa shape index (κ3) is 40.9. The molecule has 8 rings (SSSR count). The lowest BCUT2D eigenvalue weighted by Gasteiger charge is -2.26. The molecule has 8 aromatic carbocycles. The summed E-state index contributed by atoms with van der Waals surface area (Å²) in [5, 5.41) is 10.5. The molecule has 0 atom stereocenters. The molecule has 0 amide bonds. The zero-order valence-corrected chi connectivity index (χ0v) is 64.7. The fourth-order valence-electron chi connectivity index (χ4n) is 6.42. The van der Waals surface area contributed by atoms with Gasteiger partial charge >= 0.3 is 0 Å². The molecule has 484 valence electrons. The minimum atomic E-state index is -3.49. The first-order valence-electron chi connectivity index (χ1n) is 26.2. The highest BCUT2D eigenvalue weighted by Gasteiger charge is 2.24. The number of benzene rings is 8. The van der Waals surface area contributed by atoms with Crippen molar-refractivity contribution >= 4 is 211 Å². The van der Waals surface area contributed by atoms with E-state index in [-0.39, 0.29) is 42.3 Å². The number of aliphatic hydroxyl groups is 1. The van der Waals surface area contributed by atoms with Crippen LogP contribution in [0.1, 0.15) is 69.9 Å². The van der Waals surface area contributed by atoms with E-state index in [9.17, 15) is 30.0 Å². The van der Waals surface area contributed by atoms with Crippen LogP contribution in [0.4, 0.5) is 17.1 Å². The van der Waals surface area contributed by atoms with Gasteiger partial charge in [0.1, 0.15) is 0 Å². The molecule has 0 heterocycles. The van der Waals surface area contributed by atoms with Gasteiger partial charge in [-0.3, -0.25) is 13.8 Å². The second-order valence-electron chi connectivity index (χ2n) is 19.4. The van der Waals surface area contributed by atoms with Gasteiger partial charge < -0.3 is 10.8 Å². The summed E-state index contributed by atoms with van der Waals surface area (Å²) >= 11 is 37.7. The Kier molecular flexibility index (Phi) is 42.4. The zero-order valence-electron chi connectivity index (χ0n) is 48.3. The van der Waals surface area contributed by atoms with E-state index < -0.39 is 29.1 Å². The number of carbonyl (C=O) groups excluding carboxylic acids is 1. The van der Waals surface area contributed by atoms with Crippen molar-refractivity contribution in [1.82, 2.24) is 0 Å². The Hall–Kier alpha value is -2.72. The van der Waals surface area contributed by atoms with Crippen molar-refractivity contribution in [2.75, 3.05) is 25.7 Å². The minimum absolute atomic E-state index is 0. The number of halogens is 10. The molecule has 0 spiro atoms. The van der Waals surface area contributed by atoms with Gasteiger partial charge in [0.25, 0.3) is 0 Å². The van der Waals surface area contributed by atoms with Crippen LogP contribution in [0.2, 0.25) is 15.1 Å². The van der Waals surface area contributed by atoms with Crippen LogP contribution in [-0.4, -0.2) is 46.4 Å². The second-order valence-corrected chi connectivity index (χ2v) is 33.7. The summed E-state index contributed by atoms with van der Waals surface area (Å²) in [5.41, 5.74) is 11.4. The average molecular weight is 1810 g/mol. The molecule has 25 heteroatoms. The van der Waals surface area contributed by atoms with Crippen LogP contribution in [0.5, 0.6) is 0 Å². The van der Waals surface area contributed by atoms with Crippen LogP contribution in [0, 0.1) is 11.8 Å². The van der Waals surface area contributed by atoms with E-state index in [0.717, 1.165) is 50.7 Å². The Labute approximate surface area is 607 Å². The fourth-order valence-corrected chi connectivity index (χ4v) is 12.8. The average Bonchev–Trinajstić information content (AvgIpc) is 3.34. The molecule has 0 aromatic heterocycles. The Morgan fingerprint density at radius 2 is 0.921 bits per heavy atom. The minimum Gasteiger partial charge on any atom is -0.399 e. The number of anilines is 3. The van der Waals surface area contributed by atoms with E-state index in [4.69, 9.17) is 56.3 Å². The SMILES string of the molecule is C.CC(=O)SCc1ccc(Br)cc1.CC(C)CI.CC(C)CN(c1cccc(Cl)c1)S(=O)(=O)Cc1ccc(Br)cc1.Nc1cccc(Cl)c1.O=S(=O)(Cc1ccc(Br)cc1)Nc1cccc(Cl)c1.O=S(=O)(Cl)Cc1ccc(Br)cc1.OCc1ccc(Br)cc1. The smallest absolute Gasteiger partial charge is 0.239 e. The molecule has 0 bridgehead atoms. The molecule has 4 N–H and O–H groups in total. The van der Waals surface area contributed by atoms with Gasteiger partial charge in [-0.15, -0.1) is 0 Å². The van der Waals surface area contributed by atoms with Crippen molar-refractivity contribution < 1.29 is 35.2 Å².